The maximum atomic E-state index is 13.6. The van der Waals surface area contributed by atoms with Crippen LogP contribution in [0.25, 0.3) is 0 Å². The van der Waals surface area contributed by atoms with E-state index in [0.29, 0.717) is 17.8 Å². The first-order valence-electron chi connectivity index (χ1n) is 10.4. The highest BCUT2D eigenvalue weighted by molar-refractivity contribution is 7.84. The van der Waals surface area contributed by atoms with Crippen molar-refractivity contribution < 1.29 is 21.8 Å². The van der Waals surface area contributed by atoms with Gasteiger partial charge in [0, 0.05) is 23.5 Å². The number of benzene rings is 1. The molecule has 34 heavy (non-hydrogen) atoms. The molecule has 0 saturated heterocycles. The molecule has 1 aromatic carbocycles. The monoisotopic (exact) mass is 508 g/mol. The Hall–Kier alpha value is -2.93. The van der Waals surface area contributed by atoms with Crippen molar-refractivity contribution in [3.63, 3.8) is 0 Å². The SMILES string of the molecule is NS(=O)(=O)OC[C@@H]1CC[C@H](Nc2ncncc2C(=O)c2ccn(Cc3cc(F)cc(Cl)c3)n2)C1. The number of anilines is 1. The largest absolute Gasteiger partial charge is 0.367 e. The van der Waals surface area contributed by atoms with Crippen molar-refractivity contribution in [1.29, 1.82) is 0 Å². The number of hydrogen-bond donors (Lipinski definition) is 2. The van der Waals surface area contributed by atoms with E-state index in [0.717, 1.165) is 12.8 Å². The molecule has 1 saturated carbocycles. The van der Waals surface area contributed by atoms with Crippen molar-refractivity contribution in [2.75, 3.05) is 11.9 Å². The lowest BCUT2D eigenvalue weighted by Gasteiger charge is -2.15. The van der Waals surface area contributed by atoms with Gasteiger partial charge in [0.05, 0.1) is 18.7 Å². The molecule has 0 bridgehead atoms. The van der Waals surface area contributed by atoms with Gasteiger partial charge in [-0.25, -0.2) is 19.5 Å². The van der Waals surface area contributed by atoms with Crippen LogP contribution < -0.4 is 10.5 Å². The summed E-state index contributed by atoms with van der Waals surface area (Å²) in [4.78, 5) is 21.3. The summed E-state index contributed by atoms with van der Waals surface area (Å²) >= 11 is 5.90. The molecule has 0 radical (unpaired) electrons. The Balaban J connectivity index is 1.43. The number of nitrogens with two attached hydrogens (primary N) is 1. The Morgan fingerprint density at radius 1 is 1.32 bits per heavy atom. The van der Waals surface area contributed by atoms with Crippen LogP contribution in [0.3, 0.4) is 0 Å². The summed E-state index contributed by atoms with van der Waals surface area (Å²) in [5.41, 5.74) is 1.05. The molecule has 0 unspecified atom stereocenters. The third-order valence-electron chi connectivity index (χ3n) is 5.45. The van der Waals surface area contributed by atoms with Crippen LogP contribution in [-0.4, -0.2) is 46.6 Å². The van der Waals surface area contributed by atoms with Gasteiger partial charge >= 0.3 is 10.3 Å². The molecule has 0 spiro atoms. The lowest BCUT2D eigenvalue weighted by molar-refractivity contribution is 0.103. The van der Waals surface area contributed by atoms with Gasteiger partial charge in [-0.3, -0.25) is 13.7 Å². The van der Waals surface area contributed by atoms with Crippen molar-refractivity contribution in [2.45, 2.75) is 31.8 Å². The van der Waals surface area contributed by atoms with Crippen LogP contribution >= 0.6 is 11.6 Å². The number of carbonyl (C=O) groups is 1. The van der Waals surface area contributed by atoms with Crippen LogP contribution in [0.15, 0.2) is 43.0 Å². The molecule has 3 N–H and O–H groups in total. The van der Waals surface area contributed by atoms with E-state index < -0.39 is 16.1 Å². The molecule has 180 valence electrons. The normalized spacial score (nSPS) is 18.2. The van der Waals surface area contributed by atoms with Gasteiger partial charge < -0.3 is 5.32 Å². The van der Waals surface area contributed by atoms with Crippen LogP contribution in [0.4, 0.5) is 10.2 Å². The number of aromatic nitrogens is 4. The van der Waals surface area contributed by atoms with Crippen molar-refractivity contribution >= 4 is 33.5 Å². The van der Waals surface area contributed by atoms with Gasteiger partial charge in [-0.1, -0.05) is 11.6 Å². The quantitative estimate of drug-likeness (QED) is 0.420. The zero-order valence-corrected chi connectivity index (χ0v) is 19.5. The number of nitrogens with zero attached hydrogens (tertiary/aromatic N) is 4. The van der Waals surface area contributed by atoms with E-state index in [1.807, 2.05) is 0 Å². The lowest BCUT2D eigenvalue weighted by Crippen LogP contribution is -2.22. The molecule has 2 atom stereocenters. The van der Waals surface area contributed by atoms with E-state index in [1.165, 1.54) is 29.3 Å². The van der Waals surface area contributed by atoms with Crippen LogP contribution in [0, 0.1) is 11.7 Å². The van der Waals surface area contributed by atoms with Crippen molar-refractivity contribution in [2.24, 2.45) is 11.1 Å². The third-order valence-corrected chi connectivity index (χ3v) is 6.13. The summed E-state index contributed by atoms with van der Waals surface area (Å²) in [6.45, 7) is 0.256. The number of hydrogen-bond acceptors (Lipinski definition) is 8. The second-order valence-electron chi connectivity index (χ2n) is 8.09. The lowest BCUT2D eigenvalue weighted by atomic mass is 10.1. The predicted molar refractivity (Wildman–Crippen MR) is 122 cm³/mol. The second kappa shape index (κ2) is 10.1. The molecule has 1 aliphatic rings. The van der Waals surface area contributed by atoms with Crippen molar-refractivity contribution in [3.8, 4) is 0 Å². The van der Waals surface area contributed by atoms with Crippen molar-refractivity contribution in [1.82, 2.24) is 19.7 Å². The van der Waals surface area contributed by atoms with Crippen LogP contribution in [0.2, 0.25) is 5.02 Å². The second-order valence-corrected chi connectivity index (χ2v) is 9.75. The summed E-state index contributed by atoms with van der Waals surface area (Å²) in [5.74, 6) is -0.437. The fourth-order valence-corrected chi connectivity index (χ4v) is 4.58. The Morgan fingerprint density at radius 2 is 2.15 bits per heavy atom. The van der Waals surface area contributed by atoms with Crippen LogP contribution in [-0.2, 0) is 21.0 Å². The molecule has 2 heterocycles. The summed E-state index contributed by atoms with van der Waals surface area (Å²) in [6, 6.07) is 5.74. The number of carbonyl (C=O) groups excluding carboxylic acids is 1. The minimum Gasteiger partial charge on any atom is -0.367 e. The van der Waals surface area contributed by atoms with Crippen LogP contribution in [0.5, 0.6) is 0 Å². The average molecular weight is 509 g/mol. The van der Waals surface area contributed by atoms with E-state index in [4.69, 9.17) is 20.9 Å². The van der Waals surface area contributed by atoms with Gasteiger partial charge in [0.15, 0.2) is 0 Å². The first kappa shape index (κ1) is 24.2. The molecular weight excluding hydrogens is 487 g/mol. The average Bonchev–Trinajstić information content (AvgIpc) is 3.40. The molecule has 4 rings (SSSR count). The smallest absolute Gasteiger partial charge is 0.333 e. The van der Waals surface area contributed by atoms with E-state index in [9.17, 15) is 17.6 Å². The maximum absolute atomic E-state index is 13.6. The van der Waals surface area contributed by atoms with Gasteiger partial charge in [0.25, 0.3) is 0 Å². The summed E-state index contributed by atoms with van der Waals surface area (Å²) in [5, 5.41) is 12.7. The highest BCUT2D eigenvalue weighted by Gasteiger charge is 2.28. The van der Waals surface area contributed by atoms with Gasteiger partial charge in [0.2, 0.25) is 5.78 Å². The molecule has 3 aromatic rings. The molecular formula is C21H22ClFN6O4S. The predicted octanol–water partition coefficient (Wildman–Crippen LogP) is 2.55. The highest BCUT2D eigenvalue weighted by Crippen LogP contribution is 2.29. The molecule has 2 aromatic heterocycles. The van der Waals surface area contributed by atoms with Gasteiger partial charge in [-0.2, -0.15) is 13.5 Å². The minimum absolute atomic E-state index is 0.0144. The van der Waals surface area contributed by atoms with Gasteiger partial charge in [-0.15, -0.1) is 0 Å². The molecule has 0 aliphatic heterocycles. The van der Waals surface area contributed by atoms with E-state index in [2.05, 4.69) is 20.4 Å². The number of ketones is 1. The van der Waals surface area contributed by atoms with Gasteiger partial charge in [0.1, 0.15) is 23.7 Å². The Labute approximate surface area is 200 Å². The molecule has 10 nitrogen and oxygen atoms in total. The van der Waals surface area contributed by atoms with Crippen LogP contribution in [0.1, 0.15) is 40.9 Å². The van der Waals surface area contributed by atoms with E-state index in [1.54, 1.807) is 18.3 Å². The van der Waals surface area contributed by atoms with E-state index >= 15 is 0 Å². The molecule has 13 heteroatoms. The van der Waals surface area contributed by atoms with Gasteiger partial charge in [-0.05, 0) is 55.0 Å². The highest BCUT2D eigenvalue weighted by atomic mass is 35.5. The fraction of sp³-hybridized carbons (Fsp3) is 0.333. The van der Waals surface area contributed by atoms with E-state index in [-0.39, 0.29) is 47.2 Å². The number of nitrogens with one attached hydrogen (secondary N) is 1. The summed E-state index contributed by atoms with van der Waals surface area (Å²) in [6.07, 6.45) is 6.51. The maximum Gasteiger partial charge on any atom is 0.333 e. The number of halogens is 2. The molecule has 1 aliphatic carbocycles. The summed E-state index contributed by atoms with van der Waals surface area (Å²) < 4.78 is 41.8. The Bertz CT molecular complexity index is 1280. The first-order chi connectivity index (χ1) is 16.2. The molecule has 0 amide bonds. The zero-order valence-electron chi connectivity index (χ0n) is 17.9. The summed E-state index contributed by atoms with van der Waals surface area (Å²) in [7, 11) is -3.98. The minimum atomic E-state index is -3.98. The van der Waals surface area contributed by atoms with Crippen molar-refractivity contribution in [3.05, 3.63) is 70.6 Å². The zero-order chi connectivity index (χ0) is 24.3. The Morgan fingerprint density at radius 3 is 2.91 bits per heavy atom. The fourth-order valence-electron chi connectivity index (χ4n) is 3.95. The topological polar surface area (TPSA) is 142 Å². The number of rotatable bonds is 9. The molecule has 1 fully saturated rings. The Kier molecular flexibility index (Phi) is 7.22. The standard InChI is InChI=1S/C21H22ClFN6O4S/c22-15-5-14(6-16(23)8-15)10-29-4-3-19(28-29)20(30)18-9-25-12-26-21(18)27-17-2-1-13(7-17)11-33-34(24,31)32/h3-6,8-9,12-13,17H,1-2,7,10-11H2,(H2,24,31,32)(H,25,26,27)/t13-,17+/m1/s1. The third kappa shape index (κ3) is 6.35. The first-order valence-corrected chi connectivity index (χ1v) is 12.3.